The number of nitrogens with one attached hydrogen (secondary N) is 3. The number of hydrogen-bond acceptors (Lipinski definition) is 8. The third-order valence-corrected chi connectivity index (χ3v) is 7.85. The van der Waals surface area contributed by atoms with Gasteiger partial charge in [0.2, 0.25) is 16.0 Å². The van der Waals surface area contributed by atoms with Crippen molar-refractivity contribution in [3.63, 3.8) is 0 Å². The minimum atomic E-state index is -3.90. The first kappa shape index (κ1) is 27.4. The van der Waals surface area contributed by atoms with Gasteiger partial charge in [-0.25, -0.2) is 32.2 Å². The smallest absolute Gasteiger partial charge is 0.237 e. The van der Waals surface area contributed by atoms with E-state index in [1.807, 2.05) is 19.1 Å². The summed E-state index contributed by atoms with van der Waals surface area (Å²) in [7, 11) is -3.90. The molecule has 12 heteroatoms. The van der Waals surface area contributed by atoms with Gasteiger partial charge in [0.25, 0.3) is 0 Å². The molecule has 206 valence electrons. The predicted octanol–water partition coefficient (Wildman–Crippen LogP) is 4.32. The van der Waals surface area contributed by atoms with Crippen molar-refractivity contribution in [2.45, 2.75) is 37.7 Å². The number of aryl methyl sites for hydroxylation is 1. The van der Waals surface area contributed by atoms with E-state index in [-0.39, 0.29) is 17.5 Å². The zero-order valence-electron chi connectivity index (χ0n) is 21.7. The van der Waals surface area contributed by atoms with Crippen LogP contribution in [0.25, 0.3) is 22.3 Å². The maximum Gasteiger partial charge on any atom is 0.237 e. The number of nitrogens with zero attached hydrogens (tertiary/aromatic N) is 4. The van der Waals surface area contributed by atoms with E-state index >= 15 is 4.39 Å². The van der Waals surface area contributed by atoms with Crippen LogP contribution in [0.1, 0.15) is 30.0 Å². The number of sulfonamides is 1. The Morgan fingerprint density at radius 1 is 1.12 bits per heavy atom. The van der Waals surface area contributed by atoms with Gasteiger partial charge in [0.05, 0.1) is 40.5 Å². The molecule has 0 amide bonds. The Hall–Kier alpha value is -4.21. The molecule has 0 saturated carbocycles. The van der Waals surface area contributed by atoms with Crippen molar-refractivity contribution in [2.24, 2.45) is 0 Å². The van der Waals surface area contributed by atoms with Crippen molar-refractivity contribution >= 4 is 32.7 Å². The topological polar surface area (TPSA) is 133 Å². The van der Waals surface area contributed by atoms with E-state index in [0.717, 1.165) is 5.56 Å². The van der Waals surface area contributed by atoms with E-state index in [4.69, 9.17) is 5.26 Å². The SMILES string of the molecule is CCc1cc(-c2ccc(NS(=O)(=O)Cc3ccc(C#N)cc3)c(F)c2)nc2cnc(N[C@@H]3CNC[C@@H](F)C3)nc12. The lowest BCUT2D eigenvalue weighted by Crippen LogP contribution is -2.44. The molecule has 4 aromatic rings. The summed E-state index contributed by atoms with van der Waals surface area (Å²) in [5, 5.41) is 15.1. The van der Waals surface area contributed by atoms with Gasteiger partial charge >= 0.3 is 0 Å². The molecule has 9 nitrogen and oxygen atoms in total. The highest BCUT2D eigenvalue weighted by Crippen LogP contribution is 2.28. The Bertz CT molecular complexity index is 1690. The summed E-state index contributed by atoms with van der Waals surface area (Å²) in [6.07, 6.45) is 1.67. The average molecular weight is 564 g/mol. The molecule has 2 atom stereocenters. The molecule has 1 aliphatic rings. The zero-order valence-corrected chi connectivity index (χ0v) is 22.5. The summed E-state index contributed by atoms with van der Waals surface area (Å²) in [6.45, 7) is 2.93. The molecule has 2 aromatic heterocycles. The van der Waals surface area contributed by atoms with Crippen LogP contribution in [0.4, 0.5) is 20.4 Å². The minimum Gasteiger partial charge on any atom is -0.350 e. The summed E-state index contributed by atoms with van der Waals surface area (Å²) in [4.78, 5) is 13.6. The Labute approximate surface area is 230 Å². The zero-order chi connectivity index (χ0) is 28.3. The monoisotopic (exact) mass is 563 g/mol. The molecule has 3 N–H and O–H groups in total. The van der Waals surface area contributed by atoms with Crippen molar-refractivity contribution in [3.05, 3.63) is 77.2 Å². The maximum atomic E-state index is 15.0. The summed E-state index contributed by atoms with van der Waals surface area (Å²) in [5.41, 5.74) is 3.73. The Morgan fingerprint density at radius 3 is 2.62 bits per heavy atom. The van der Waals surface area contributed by atoms with Crippen LogP contribution < -0.4 is 15.4 Å². The summed E-state index contributed by atoms with van der Waals surface area (Å²) < 4.78 is 56.3. The second-order valence-corrected chi connectivity index (χ2v) is 11.4. The molecule has 0 aliphatic carbocycles. The largest absolute Gasteiger partial charge is 0.350 e. The lowest BCUT2D eigenvalue weighted by atomic mass is 10.1. The van der Waals surface area contributed by atoms with Crippen molar-refractivity contribution in [1.29, 1.82) is 5.26 Å². The fourth-order valence-corrected chi connectivity index (χ4v) is 5.82. The molecule has 0 spiro atoms. The van der Waals surface area contributed by atoms with E-state index in [2.05, 4.69) is 30.3 Å². The lowest BCUT2D eigenvalue weighted by Gasteiger charge is -2.26. The third kappa shape index (κ3) is 6.32. The van der Waals surface area contributed by atoms with Crippen LogP contribution >= 0.6 is 0 Å². The normalized spacial score (nSPS) is 17.4. The summed E-state index contributed by atoms with van der Waals surface area (Å²) in [5.74, 6) is -0.723. The van der Waals surface area contributed by atoms with E-state index in [1.54, 1.807) is 24.4 Å². The van der Waals surface area contributed by atoms with Crippen molar-refractivity contribution < 1.29 is 17.2 Å². The number of hydrogen-bond donors (Lipinski definition) is 3. The van der Waals surface area contributed by atoms with Crippen LogP contribution in [0.15, 0.2) is 54.7 Å². The maximum absolute atomic E-state index is 15.0. The highest BCUT2D eigenvalue weighted by Gasteiger charge is 2.22. The second-order valence-electron chi connectivity index (χ2n) is 9.64. The number of fused-ring (bicyclic) bond motifs is 1. The van der Waals surface area contributed by atoms with Gasteiger partial charge in [-0.1, -0.05) is 25.1 Å². The highest BCUT2D eigenvalue weighted by atomic mass is 32.2. The first-order chi connectivity index (χ1) is 19.2. The van der Waals surface area contributed by atoms with Crippen LogP contribution in [0, 0.1) is 17.1 Å². The molecule has 0 radical (unpaired) electrons. The average Bonchev–Trinajstić information content (AvgIpc) is 2.93. The highest BCUT2D eigenvalue weighted by molar-refractivity contribution is 7.91. The number of aromatic nitrogens is 3. The van der Waals surface area contributed by atoms with Crippen molar-refractivity contribution in [2.75, 3.05) is 23.1 Å². The second kappa shape index (κ2) is 11.5. The van der Waals surface area contributed by atoms with E-state index in [1.165, 1.54) is 24.3 Å². The van der Waals surface area contributed by atoms with Gasteiger partial charge in [-0.2, -0.15) is 5.26 Å². The molecule has 0 bridgehead atoms. The van der Waals surface area contributed by atoms with Crippen molar-refractivity contribution in [3.8, 4) is 17.3 Å². The molecule has 3 heterocycles. The Kier molecular flexibility index (Phi) is 7.86. The number of anilines is 2. The number of halogens is 2. The Balaban J connectivity index is 1.35. The first-order valence-electron chi connectivity index (χ1n) is 12.8. The van der Waals surface area contributed by atoms with Gasteiger partial charge < -0.3 is 10.6 Å². The van der Waals surface area contributed by atoms with E-state index < -0.39 is 22.0 Å². The van der Waals surface area contributed by atoms with E-state index in [0.29, 0.717) is 65.3 Å². The molecular weight excluding hydrogens is 536 g/mol. The fourth-order valence-electron chi connectivity index (χ4n) is 4.61. The molecule has 40 heavy (non-hydrogen) atoms. The Morgan fingerprint density at radius 2 is 1.93 bits per heavy atom. The van der Waals surface area contributed by atoms with Crippen LogP contribution in [0.5, 0.6) is 0 Å². The minimum absolute atomic E-state index is 0.124. The van der Waals surface area contributed by atoms with Crippen LogP contribution in [-0.4, -0.2) is 48.7 Å². The number of benzene rings is 2. The van der Waals surface area contributed by atoms with Gasteiger partial charge in [-0.15, -0.1) is 0 Å². The summed E-state index contributed by atoms with van der Waals surface area (Å²) in [6, 6.07) is 14.0. The first-order valence-corrected chi connectivity index (χ1v) is 14.5. The van der Waals surface area contributed by atoms with Crippen LogP contribution in [-0.2, 0) is 22.2 Å². The standard InChI is InChI=1S/C28H27F2N7O2S/c1-2-19-10-25(35-26-15-33-28(36-27(19)26)34-22-11-21(29)13-32-14-22)20-7-8-24(23(30)9-20)37-40(38,39)16-18-5-3-17(12-31)4-6-18/h3-10,15,21-22,32,37H,2,11,13-14,16H2,1H3,(H,33,34,36)/t21-,22-/m0/s1. The molecule has 2 aromatic carbocycles. The summed E-state index contributed by atoms with van der Waals surface area (Å²) >= 11 is 0. The quantitative estimate of drug-likeness (QED) is 0.289. The van der Waals surface area contributed by atoms with Gasteiger partial charge in [0, 0.05) is 31.1 Å². The van der Waals surface area contributed by atoms with Crippen LogP contribution in [0.3, 0.4) is 0 Å². The molecule has 1 fully saturated rings. The van der Waals surface area contributed by atoms with Crippen LogP contribution in [0.2, 0.25) is 0 Å². The molecule has 1 saturated heterocycles. The number of nitriles is 1. The van der Waals surface area contributed by atoms with Gasteiger partial charge in [-0.3, -0.25) is 4.72 Å². The van der Waals surface area contributed by atoms with Gasteiger partial charge in [0.15, 0.2) is 0 Å². The third-order valence-electron chi connectivity index (χ3n) is 6.61. The lowest BCUT2D eigenvalue weighted by molar-refractivity contribution is 0.254. The predicted molar refractivity (Wildman–Crippen MR) is 149 cm³/mol. The number of alkyl halides is 1. The molecule has 1 aliphatic heterocycles. The van der Waals surface area contributed by atoms with Crippen molar-refractivity contribution in [1.82, 2.24) is 20.3 Å². The molecule has 5 rings (SSSR count). The molecule has 0 unspecified atom stereocenters. The number of pyridine rings is 1. The number of rotatable bonds is 8. The number of piperidine rings is 1. The molecular formula is C28H27F2N7O2S. The van der Waals surface area contributed by atoms with Gasteiger partial charge in [0.1, 0.15) is 17.5 Å². The fraction of sp³-hybridized carbons (Fsp3) is 0.286. The van der Waals surface area contributed by atoms with E-state index in [9.17, 15) is 12.8 Å². The van der Waals surface area contributed by atoms with Gasteiger partial charge in [-0.05, 0) is 47.9 Å².